The minimum atomic E-state index is -0.590. The van der Waals surface area contributed by atoms with Gasteiger partial charge in [0.1, 0.15) is 5.60 Å². The van der Waals surface area contributed by atoms with Crippen LogP contribution < -0.4 is 10.5 Å². The van der Waals surface area contributed by atoms with Crippen molar-refractivity contribution in [2.75, 3.05) is 12.8 Å². The Morgan fingerprint density at radius 2 is 2.05 bits per heavy atom. The molecule has 0 amide bonds. The molecular formula is C13H17N5O3. The molecule has 0 aliphatic carbocycles. The van der Waals surface area contributed by atoms with E-state index in [1.807, 2.05) is 0 Å². The average molecular weight is 291 g/mol. The van der Waals surface area contributed by atoms with Crippen molar-refractivity contribution in [3.8, 4) is 17.1 Å². The van der Waals surface area contributed by atoms with Gasteiger partial charge < -0.3 is 15.2 Å². The lowest BCUT2D eigenvalue weighted by Crippen LogP contribution is -2.27. The van der Waals surface area contributed by atoms with Crippen LogP contribution in [-0.4, -0.2) is 38.6 Å². The minimum Gasteiger partial charge on any atom is -0.478 e. The molecule has 2 N–H and O–H groups in total. The van der Waals surface area contributed by atoms with Crippen LogP contribution in [0.25, 0.3) is 11.3 Å². The van der Waals surface area contributed by atoms with Gasteiger partial charge in [0.25, 0.3) is 5.88 Å². The second-order valence-electron chi connectivity index (χ2n) is 5.30. The molecule has 0 bridgehead atoms. The molecule has 112 valence electrons. The highest BCUT2D eigenvalue weighted by Gasteiger charge is 2.19. The van der Waals surface area contributed by atoms with Gasteiger partial charge in [0.15, 0.2) is 5.82 Å². The molecule has 21 heavy (non-hydrogen) atoms. The van der Waals surface area contributed by atoms with Gasteiger partial charge in [-0.3, -0.25) is 0 Å². The number of nitrogens with zero attached hydrogens (tertiary/aromatic N) is 4. The molecule has 2 aromatic rings. The zero-order valence-electron chi connectivity index (χ0n) is 12.3. The maximum absolute atomic E-state index is 11.9. The Labute approximate surface area is 121 Å². The molecule has 8 heteroatoms. The Hall–Kier alpha value is -2.64. The van der Waals surface area contributed by atoms with Crippen molar-refractivity contribution in [2.24, 2.45) is 0 Å². The topological polar surface area (TPSA) is 105 Å². The van der Waals surface area contributed by atoms with Crippen molar-refractivity contribution in [2.45, 2.75) is 26.4 Å². The summed E-state index contributed by atoms with van der Waals surface area (Å²) in [4.78, 5) is 20.0. The van der Waals surface area contributed by atoms with Crippen molar-refractivity contribution >= 4 is 11.9 Å². The smallest absolute Gasteiger partial charge is 0.435 e. The second-order valence-corrected chi connectivity index (χ2v) is 5.30. The van der Waals surface area contributed by atoms with E-state index in [2.05, 4.69) is 15.1 Å². The van der Waals surface area contributed by atoms with Gasteiger partial charge in [0, 0.05) is 11.8 Å². The molecular weight excluding hydrogens is 274 g/mol. The van der Waals surface area contributed by atoms with Gasteiger partial charge in [-0.25, -0.2) is 14.8 Å². The highest BCUT2D eigenvalue weighted by molar-refractivity contribution is 5.72. The zero-order chi connectivity index (χ0) is 15.6. The fraction of sp³-hybridized carbons (Fsp3) is 0.385. The number of carbonyl (C=O) groups is 1. The summed E-state index contributed by atoms with van der Waals surface area (Å²) in [6.07, 6.45) is 3.91. The molecule has 0 atom stereocenters. The monoisotopic (exact) mass is 291 g/mol. The number of ether oxygens (including phenoxy) is 2. The lowest BCUT2D eigenvalue weighted by molar-refractivity contribution is 0.0514. The van der Waals surface area contributed by atoms with Crippen LogP contribution >= 0.6 is 0 Å². The Balaban J connectivity index is 2.26. The van der Waals surface area contributed by atoms with Gasteiger partial charge in [0.2, 0.25) is 0 Å². The number of hydrogen-bond acceptors (Lipinski definition) is 7. The molecule has 0 unspecified atom stereocenters. The summed E-state index contributed by atoms with van der Waals surface area (Å²) < 4.78 is 11.3. The van der Waals surface area contributed by atoms with E-state index in [1.54, 1.807) is 20.8 Å². The SMILES string of the molecule is COc1nc(-c2cnn(C(=O)OC(C)(C)C)c2)cnc1N. The van der Waals surface area contributed by atoms with E-state index >= 15 is 0 Å². The first-order valence-electron chi connectivity index (χ1n) is 6.25. The van der Waals surface area contributed by atoms with Gasteiger partial charge in [-0.15, -0.1) is 0 Å². The number of hydrogen-bond donors (Lipinski definition) is 1. The number of methoxy groups -OCH3 is 1. The van der Waals surface area contributed by atoms with Gasteiger partial charge in [-0.2, -0.15) is 9.78 Å². The van der Waals surface area contributed by atoms with E-state index in [0.29, 0.717) is 11.3 Å². The molecule has 0 aliphatic rings. The van der Waals surface area contributed by atoms with Crippen LogP contribution in [0.15, 0.2) is 18.6 Å². The molecule has 0 spiro atoms. The normalized spacial score (nSPS) is 11.2. The maximum Gasteiger partial charge on any atom is 0.435 e. The van der Waals surface area contributed by atoms with E-state index in [9.17, 15) is 4.79 Å². The standard InChI is InChI=1S/C13H17N5O3/c1-13(2,3)21-12(19)18-7-8(5-16-18)9-6-15-10(14)11(17-9)20-4/h5-7H,1-4H3,(H2,14,15). The molecule has 0 fully saturated rings. The van der Waals surface area contributed by atoms with Crippen LogP contribution in [0.4, 0.5) is 10.6 Å². The molecule has 0 aliphatic heterocycles. The van der Waals surface area contributed by atoms with Crippen molar-refractivity contribution < 1.29 is 14.3 Å². The molecule has 0 aromatic carbocycles. The van der Waals surface area contributed by atoms with E-state index in [-0.39, 0.29) is 11.7 Å². The van der Waals surface area contributed by atoms with Crippen LogP contribution in [0.1, 0.15) is 20.8 Å². The summed E-state index contributed by atoms with van der Waals surface area (Å²) in [5.41, 5.74) is 6.12. The predicted octanol–water partition coefficient (Wildman–Crippen LogP) is 1.71. The van der Waals surface area contributed by atoms with Crippen LogP contribution in [0.5, 0.6) is 5.88 Å². The maximum atomic E-state index is 11.9. The number of aromatic nitrogens is 4. The van der Waals surface area contributed by atoms with E-state index in [0.717, 1.165) is 4.68 Å². The summed E-state index contributed by atoms with van der Waals surface area (Å²) >= 11 is 0. The summed E-state index contributed by atoms with van der Waals surface area (Å²) in [7, 11) is 1.45. The van der Waals surface area contributed by atoms with E-state index < -0.39 is 11.7 Å². The largest absolute Gasteiger partial charge is 0.478 e. The van der Waals surface area contributed by atoms with Gasteiger partial charge in [0.05, 0.1) is 25.2 Å². The quantitative estimate of drug-likeness (QED) is 0.897. The van der Waals surface area contributed by atoms with Gasteiger partial charge in [-0.05, 0) is 20.8 Å². The van der Waals surface area contributed by atoms with Crippen LogP contribution in [0, 0.1) is 0 Å². The molecule has 0 saturated heterocycles. The van der Waals surface area contributed by atoms with E-state index in [4.69, 9.17) is 15.2 Å². The first kappa shape index (κ1) is 14.8. The Kier molecular flexibility index (Phi) is 3.79. The number of nitrogen functional groups attached to an aromatic ring is 1. The van der Waals surface area contributed by atoms with Gasteiger partial charge in [-0.1, -0.05) is 0 Å². The zero-order valence-corrected chi connectivity index (χ0v) is 12.3. The summed E-state index contributed by atoms with van der Waals surface area (Å²) in [5, 5.41) is 3.96. The molecule has 2 aromatic heterocycles. The number of rotatable bonds is 2. The molecule has 0 radical (unpaired) electrons. The fourth-order valence-corrected chi connectivity index (χ4v) is 1.53. The van der Waals surface area contributed by atoms with Crippen LogP contribution in [-0.2, 0) is 4.74 Å². The second kappa shape index (κ2) is 5.39. The van der Waals surface area contributed by atoms with E-state index in [1.165, 1.54) is 25.7 Å². The van der Waals surface area contributed by atoms with Crippen molar-refractivity contribution in [1.82, 2.24) is 19.7 Å². The molecule has 0 saturated carbocycles. The highest BCUT2D eigenvalue weighted by atomic mass is 16.6. The lowest BCUT2D eigenvalue weighted by Gasteiger charge is -2.18. The van der Waals surface area contributed by atoms with Crippen molar-refractivity contribution in [3.63, 3.8) is 0 Å². The lowest BCUT2D eigenvalue weighted by atomic mass is 10.2. The Morgan fingerprint density at radius 1 is 1.33 bits per heavy atom. The summed E-state index contributed by atoms with van der Waals surface area (Å²) in [6.45, 7) is 5.35. The van der Waals surface area contributed by atoms with Crippen LogP contribution in [0.2, 0.25) is 0 Å². The minimum absolute atomic E-state index is 0.195. The third-order valence-corrected chi connectivity index (χ3v) is 2.42. The highest BCUT2D eigenvalue weighted by Crippen LogP contribution is 2.22. The van der Waals surface area contributed by atoms with Crippen molar-refractivity contribution in [1.29, 1.82) is 0 Å². The Morgan fingerprint density at radius 3 is 2.67 bits per heavy atom. The molecule has 2 heterocycles. The third-order valence-electron chi connectivity index (χ3n) is 2.42. The van der Waals surface area contributed by atoms with Crippen molar-refractivity contribution in [3.05, 3.63) is 18.6 Å². The predicted molar refractivity (Wildman–Crippen MR) is 75.8 cm³/mol. The molecule has 2 rings (SSSR count). The Bertz CT molecular complexity index is 660. The number of anilines is 1. The molecule has 8 nitrogen and oxygen atoms in total. The summed E-state index contributed by atoms with van der Waals surface area (Å²) in [5.74, 6) is 0.415. The van der Waals surface area contributed by atoms with Crippen LogP contribution in [0.3, 0.4) is 0 Å². The third kappa shape index (κ3) is 3.47. The summed E-state index contributed by atoms with van der Waals surface area (Å²) in [6, 6.07) is 0. The average Bonchev–Trinajstić information content (AvgIpc) is 2.87. The fourth-order valence-electron chi connectivity index (χ4n) is 1.53. The first-order chi connectivity index (χ1) is 9.80. The van der Waals surface area contributed by atoms with Gasteiger partial charge >= 0.3 is 6.09 Å². The first-order valence-corrected chi connectivity index (χ1v) is 6.25. The number of carbonyl (C=O) groups excluding carboxylic acids is 1. The number of nitrogens with two attached hydrogens (primary N) is 1.